The Kier molecular flexibility index (Phi) is 9.70. The molecule has 0 unspecified atom stereocenters. The van der Waals surface area contributed by atoms with Crippen LogP contribution in [0, 0.1) is 27.7 Å². The van der Waals surface area contributed by atoms with E-state index >= 15 is 0 Å². The molecule has 14 rings (SSSR count). The van der Waals surface area contributed by atoms with Crippen LogP contribution in [0.1, 0.15) is 22.3 Å². The smallest absolute Gasteiger partial charge is 0.159 e. The van der Waals surface area contributed by atoms with Crippen molar-refractivity contribution in [1.29, 1.82) is 0 Å². The fourth-order valence-corrected chi connectivity index (χ4v) is 11.6. The zero-order valence-corrected chi connectivity index (χ0v) is 40.9. The molecule has 0 saturated carbocycles. The summed E-state index contributed by atoms with van der Waals surface area (Å²) in [4.78, 5) is 4.69. The van der Waals surface area contributed by atoms with Gasteiger partial charge in [-0.3, -0.25) is 0 Å². The van der Waals surface area contributed by atoms with E-state index in [9.17, 15) is 0 Å². The summed E-state index contributed by atoms with van der Waals surface area (Å²) in [5.41, 5.74) is 19.9. The highest BCUT2D eigenvalue weighted by molar-refractivity contribution is 6.24. The number of nitrogens with zero attached hydrogens (tertiary/aromatic N) is 2. The Labute approximate surface area is 422 Å². The van der Waals surface area contributed by atoms with E-state index in [0.29, 0.717) is 0 Å². The monoisotopic (exact) mass is 940 g/mol. The number of anilines is 6. The van der Waals surface area contributed by atoms with Crippen LogP contribution in [-0.2, 0) is 0 Å². The Hall–Kier alpha value is -9.32. The average Bonchev–Trinajstić information content (AvgIpc) is 4.11. The van der Waals surface area contributed by atoms with E-state index in [0.717, 1.165) is 133 Å². The predicted octanol–water partition coefficient (Wildman–Crippen LogP) is 20.0. The Morgan fingerprint density at radius 1 is 0.274 bits per heavy atom. The van der Waals surface area contributed by atoms with Gasteiger partial charge in [-0.25, -0.2) is 0 Å². The number of aryl methyl sites for hydroxylation is 4. The third kappa shape index (κ3) is 6.92. The minimum atomic E-state index is 0.790. The standard InChI is InChI=1S/C68H48N2O3/c1-41-33-42(2)36-48(35-41)69(59-29-15-27-56-54-25-13-23-50(65(54)72-67(56)59)45-17-7-5-8-18-45)47-31-32-58-62(39-47)71-63-40-61(52-21-11-12-22-53(52)64(58)63)70(49-37-43(3)34-44(4)38-49)60-30-16-28-57-55-26-14-24-51(66(55)73-68(57)60)46-19-9-6-10-20-46/h5-40H,1-4H3. The zero-order chi connectivity index (χ0) is 48.9. The molecule has 5 heteroatoms. The number of furan rings is 3. The molecule has 0 aliphatic rings. The maximum Gasteiger partial charge on any atom is 0.159 e. The Morgan fingerprint density at radius 3 is 1.27 bits per heavy atom. The molecule has 0 radical (unpaired) electrons. The molecule has 3 aromatic heterocycles. The fraction of sp³-hybridized carbons (Fsp3) is 0.0588. The van der Waals surface area contributed by atoms with E-state index in [1.807, 2.05) is 0 Å². The number of hydrogen-bond acceptors (Lipinski definition) is 5. The second-order valence-corrected chi connectivity index (χ2v) is 19.6. The van der Waals surface area contributed by atoms with E-state index in [-0.39, 0.29) is 0 Å². The van der Waals surface area contributed by atoms with Gasteiger partial charge in [-0.05, 0) is 115 Å². The summed E-state index contributed by atoms with van der Waals surface area (Å²) in [5.74, 6) is 0. The highest BCUT2D eigenvalue weighted by Gasteiger charge is 2.27. The maximum atomic E-state index is 7.18. The summed E-state index contributed by atoms with van der Waals surface area (Å²) >= 11 is 0. The summed E-state index contributed by atoms with van der Waals surface area (Å²) in [6.07, 6.45) is 0. The quantitative estimate of drug-likeness (QED) is 0.152. The van der Waals surface area contributed by atoms with Crippen LogP contribution >= 0.6 is 0 Å². The lowest BCUT2D eigenvalue weighted by Gasteiger charge is -2.27. The molecule has 14 aromatic rings. The first-order valence-electron chi connectivity index (χ1n) is 25.0. The lowest BCUT2D eigenvalue weighted by Crippen LogP contribution is -2.11. The topological polar surface area (TPSA) is 45.9 Å². The largest absolute Gasteiger partial charge is 0.456 e. The second-order valence-electron chi connectivity index (χ2n) is 19.6. The molecule has 73 heavy (non-hydrogen) atoms. The second kappa shape index (κ2) is 16.6. The molecule has 0 bridgehead atoms. The summed E-state index contributed by atoms with van der Waals surface area (Å²) < 4.78 is 21.4. The van der Waals surface area contributed by atoms with Crippen LogP contribution in [0.3, 0.4) is 0 Å². The molecule has 3 heterocycles. The Morgan fingerprint density at radius 2 is 0.726 bits per heavy atom. The molecule has 0 atom stereocenters. The molecule has 0 spiro atoms. The lowest BCUT2D eigenvalue weighted by atomic mass is 9.99. The predicted molar refractivity (Wildman–Crippen MR) is 305 cm³/mol. The van der Waals surface area contributed by atoms with Crippen LogP contribution in [0.15, 0.2) is 232 Å². The molecule has 0 saturated heterocycles. The van der Waals surface area contributed by atoms with Gasteiger partial charge in [-0.1, -0.05) is 158 Å². The summed E-state index contributed by atoms with van der Waals surface area (Å²) in [5, 5.41) is 8.60. The van der Waals surface area contributed by atoms with Crippen LogP contribution in [0.25, 0.3) is 98.8 Å². The number of para-hydroxylation sites is 4. The van der Waals surface area contributed by atoms with E-state index in [4.69, 9.17) is 13.3 Å². The lowest BCUT2D eigenvalue weighted by molar-refractivity contribution is 0.667. The van der Waals surface area contributed by atoms with Gasteiger partial charge in [0.15, 0.2) is 11.2 Å². The maximum absolute atomic E-state index is 7.18. The van der Waals surface area contributed by atoms with Crippen molar-refractivity contribution in [2.45, 2.75) is 27.7 Å². The van der Waals surface area contributed by atoms with Gasteiger partial charge in [0.1, 0.15) is 22.3 Å². The Bertz CT molecular complexity index is 4460. The van der Waals surface area contributed by atoms with Gasteiger partial charge in [0.2, 0.25) is 0 Å². The SMILES string of the molecule is Cc1cc(C)cc(N(c2ccc3c(c2)oc2cc(N(c4cc(C)cc(C)c4)c4cccc5c4oc4c(-c6ccccc6)cccc45)c4ccccc4c23)c2cccc3c2oc2c(-c4ccccc4)cccc23)c1. The molecule has 348 valence electrons. The number of fused-ring (bicyclic) bond motifs is 11. The molecule has 0 N–H and O–H groups in total. The molecule has 0 amide bonds. The van der Waals surface area contributed by atoms with Crippen molar-refractivity contribution in [2.24, 2.45) is 0 Å². The van der Waals surface area contributed by atoms with Gasteiger partial charge < -0.3 is 23.1 Å². The summed E-state index contributed by atoms with van der Waals surface area (Å²) in [6, 6.07) is 77.9. The third-order valence-corrected chi connectivity index (χ3v) is 14.5. The Balaban J connectivity index is 0.987. The van der Waals surface area contributed by atoms with Crippen molar-refractivity contribution in [1.82, 2.24) is 0 Å². The van der Waals surface area contributed by atoms with Crippen molar-refractivity contribution in [2.75, 3.05) is 9.80 Å². The molecule has 0 fully saturated rings. The van der Waals surface area contributed by atoms with Gasteiger partial charge in [0.25, 0.3) is 0 Å². The number of benzene rings is 11. The highest BCUT2D eigenvalue weighted by Crippen LogP contribution is 2.50. The molecule has 0 aliphatic carbocycles. The fourth-order valence-electron chi connectivity index (χ4n) is 11.6. The minimum absolute atomic E-state index is 0.790. The van der Waals surface area contributed by atoms with Gasteiger partial charge in [-0.2, -0.15) is 0 Å². The molecular formula is C68H48N2O3. The average molecular weight is 941 g/mol. The van der Waals surface area contributed by atoms with E-state index < -0.39 is 0 Å². The number of hydrogen-bond donors (Lipinski definition) is 0. The van der Waals surface area contributed by atoms with Crippen LogP contribution in [-0.4, -0.2) is 0 Å². The van der Waals surface area contributed by atoms with Crippen LogP contribution < -0.4 is 9.80 Å². The normalized spacial score (nSPS) is 11.8. The van der Waals surface area contributed by atoms with Crippen LogP contribution in [0.4, 0.5) is 34.1 Å². The van der Waals surface area contributed by atoms with E-state index in [2.05, 4.69) is 256 Å². The first-order valence-corrected chi connectivity index (χ1v) is 25.0. The molecule has 0 aliphatic heterocycles. The highest BCUT2D eigenvalue weighted by atomic mass is 16.3. The van der Waals surface area contributed by atoms with Crippen LogP contribution in [0.5, 0.6) is 0 Å². The molecular weight excluding hydrogens is 893 g/mol. The first-order chi connectivity index (χ1) is 35.8. The summed E-state index contributed by atoms with van der Waals surface area (Å²) in [7, 11) is 0. The van der Waals surface area contributed by atoms with Crippen molar-refractivity contribution < 1.29 is 13.3 Å². The van der Waals surface area contributed by atoms with Gasteiger partial charge in [-0.15, -0.1) is 0 Å². The zero-order valence-electron chi connectivity index (χ0n) is 40.9. The van der Waals surface area contributed by atoms with Crippen LogP contribution in [0.2, 0.25) is 0 Å². The van der Waals surface area contributed by atoms with Gasteiger partial charge in [0, 0.05) is 72.3 Å². The first kappa shape index (κ1) is 42.5. The number of rotatable bonds is 8. The van der Waals surface area contributed by atoms with E-state index in [1.165, 1.54) is 22.3 Å². The van der Waals surface area contributed by atoms with E-state index in [1.54, 1.807) is 0 Å². The van der Waals surface area contributed by atoms with Gasteiger partial charge >= 0.3 is 0 Å². The third-order valence-electron chi connectivity index (χ3n) is 14.5. The molecule has 5 nitrogen and oxygen atoms in total. The van der Waals surface area contributed by atoms with Crippen molar-refractivity contribution in [3.05, 3.63) is 241 Å². The van der Waals surface area contributed by atoms with Crippen molar-refractivity contribution in [3.8, 4) is 22.3 Å². The van der Waals surface area contributed by atoms with Crippen molar-refractivity contribution >= 4 is 111 Å². The van der Waals surface area contributed by atoms with Crippen molar-refractivity contribution in [3.63, 3.8) is 0 Å². The molecule has 11 aromatic carbocycles. The van der Waals surface area contributed by atoms with Gasteiger partial charge in [0.05, 0.1) is 22.7 Å². The minimum Gasteiger partial charge on any atom is -0.456 e. The summed E-state index contributed by atoms with van der Waals surface area (Å²) in [6.45, 7) is 8.65.